The molecule has 1 aromatic carbocycles. The van der Waals surface area contributed by atoms with E-state index in [-0.39, 0.29) is 0 Å². The summed E-state index contributed by atoms with van der Waals surface area (Å²) in [5, 5.41) is 3.21. The van der Waals surface area contributed by atoms with E-state index in [0.717, 1.165) is 33.8 Å². The molecule has 1 aromatic heterocycles. The lowest BCUT2D eigenvalue weighted by Gasteiger charge is -2.11. The van der Waals surface area contributed by atoms with Crippen LogP contribution in [0.25, 0.3) is 11.4 Å². The van der Waals surface area contributed by atoms with Crippen LogP contribution in [0.1, 0.15) is 12.6 Å². The van der Waals surface area contributed by atoms with E-state index in [4.69, 9.17) is 9.47 Å². The highest BCUT2D eigenvalue weighted by molar-refractivity contribution is 9.10. The molecule has 0 fully saturated rings. The molecule has 0 aliphatic heterocycles. The van der Waals surface area contributed by atoms with E-state index >= 15 is 0 Å². The first kappa shape index (κ1) is 15.7. The number of hydrogen-bond acceptors (Lipinski definition) is 5. The molecule has 0 spiro atoms. The summed E-state index contributed by atoms with van der Waals surface area (Å²) in [5.74, 6) is 2.12. The molecule has 2 aromatic rings. The molecule has 0 unspecified atom stereocenters. The molecule has 0 saturated heterocycles. The molecule has 0 aliphatic carbocycles. The van der Waals surface area contributed by atoms with Crippen molar-refractivity contribution in [1.82, 2.24) is 9.97 Å². The average molecular weight is 352 g/mol. The van der Waals surface area contributed by atoms with Crippen LogP contribution >= 0.6 is 15.9 Å². The molecule has 2 rings (SSSR count). The second kappa shape index (κ2) is 7.38. The van der Waals surface area contributed by atoms with Crippen LogP contribution in [0.2, 0.25) is 0 Å². The minimum absolute atomic E-state index is 0.435. The molecule has 0 amide bonds. The van der Waals surface area contributed by atoms with Crippen molar-refractivity contribution in [2.75, 3.05) is 26.1 Å². The van der Waals surface area contributed by atoms with Crippen molar-refractivity contribution in [2.45, 2.75) is 13.5 Å². The molecule has 0 aliphatic rings. The zero-order chi connectivity index (χ0) is 15.2. The van der Waals surface area contributed by atoms with Gasteiger partial charge in [0.1, 0.15) is 11.6 Å². The largest absolute Gasteiger partial charge is 0.496 e. The van der Waals surface area contributed by atoms with Gasteiger partial charge in [0.25, 0.3) is 0 Å². The summed E-state index contributed by atoms with van der Waals surface area (Å²) in [7, 11) is 3.28. The lowest BCUT2D eigenvalue weighted by Crippen LogP contribution is -2.05. The predicted octanol–water partition coefficient (Wildman–Crippen LogP) is 3.49. The number of anilines is 1. The summed E-state index contributed by atoms with van der Waals surface area (Å²) < 4.78 is 11.5. The zero-order valence-electron chi connectivity index (χ0n) is 12.3. The van der Waals surface area contributed by atoms with Crippen LogP contribution in [0.15, 0.2) is 28.7 Å². The van der Waals surface area contributed by atoms with Crippen molar-refractivity contribution in [3.8, 4) is 17.1 Å². The number of nitrogens with zero attached hydrogens (tertiary/aromatic N) is 2. The Morgan fingerprint density at radius 2 is 2.00 bits per heavy atom. The minimum atomic E-state index is 0.435. The first-order valence-electron chi connectivity index (χ1n) is 6.62. The maximum atomic E-state index is 5.40. The van der Waals surface area contributed by atoms with Gasteiger partial charge in [-0.25, -0.2) is 9.97 Å². The molecule has 5 nitrogen and oxygen atoms in total. The maximum Gasteiger partial charge on any atom is 0.165 e. The first-order chi connectivity index (χ1) is 10.2. The Labute approximate surface area is 132 Å². The quantitative estimate of drug-likeness (QED) is 0.863. The molecular weight excluding hydrogens is 334 g/mol. The third-order valence-electron chi connectivity index (χ3n) is 2.83. The maximum absolute atomic E-state index is 5.40. The lowest BCUT2D eigenvalue weighted by atomic mass is 10.2. The van der Waals surface area contributed by atoms with Crippen molar-refractivity contribution in [2.24, 2.45) is 0 Å². The van der Waals surface area contributed by atoms with Crippen LogP contribution < -0.4 is 10.1 Å². The smallest absolute Gasteiger partial charge is 0.165 e. The Bertz CT molecular complexity index is 596. The van der Waals surface area contributed by atoms with E-state index < -0.39 is 0 Å². The molecule has 1 heterocycles. The number of aromatic nitrogens is 2. The van der Waals surface area contributed by atoms with E-state index in [1.165, 1.54) is 0 Å². The van der Waals surface area contributed by atoms with Crippen molar-refractivity contribution in [3.63, 3.8) is 0 Å². The molecule has 0 atom stereocenters. The van der Waals surface area contributed by atoms with E-state index in [1.807, 2.05) is 31.2 Å². The Morgan fingerprint density at radius 3 is 2.67 bits per heavy atom. The molecule has 1 N–H and O–H groups in total. The summed E-state index contributed by atoms with van der Waals surface area (Å²) in [6, 6.07) is 7.65. The standard InChI is InChI=1S/C15H18BrN3O2/c1-4-17-14-8-11(9-20-2)18-15(19-14)12-7-10(16)5-6-13(12)21-3/h5-8H,4,9H2,1-3H3,(H,17,18,19). The van der Waals surface area contributed by atoms with Gasteiger partial charge < -0.3 is 14.8 Å². The first-order valence-corrected chi connectivity index (χ1v) is 7.42. The fourth-order valence-corrected chi connectivity index (χ4v) is 2.33. The number of ether oxygens (including phenoxy) is 2. The second-order valence-corrected chi connectivity index (χ2v) is 5.29. The van der Waals surface area contributed by atoms with Gasteiger partial charge in [-0.3, -0.25) is 0 Å². The van der Waals surface area contributed by atoms with E-state index in [0.29, 0.717) is 12.4 Å². The molecule has 6 heteroatoms. The van der Waals surface area contributed by atoms with Gasteiger partial charge in [0.15, 0.2) is 5.82 Å². The minimum Gasteiger partial charge on any atom is -0.496 e. The summed E-state index contributed by atoms with van der Waals surface area (Å²) >= 11 is 3.47. The van der Waals surface area contributed by atoms with E-state index in [9.17, 15) is 0 Å². The summed E-state index contributed by atoms with van der Waals surface area (Å²) in [6.45, 7) is 3.25. The molecule has 0 bridgehead atoms. The molecule has 21 heavy (non-hydrogen) atoms. The van der Waals surface area contributed by atoms with Crippen molar-refractivity contribution >= 4 is 21.7 Å². The van der Waals surface area contributed by atoms with Gasteiger partial charge in [-0.15, -0.1) is 0 Å². The normalized spacial score (nSPS) is 10.5. The van der Waals surface area contributed by atoms with Crippen LogP contribution in [0.4, 0.5) is 5.82 Å². The van der Waals surface area contributed by atoms with Crippen LogP contribution in [0, 0.1) is 0 Å². The monoisotopic (exact) mass is 351 g/mol. The van der Waals surface area contributed by atoms with Crippen molar-refractivity contribution < 1.29 is 9.47 Å². The number of rotatable bonds is 6. The van der Waals surface area contributed by atoms with Gasteiger partial charge >= 0.3 is 0 Å². The van der Waals surface area contributed by atoms with E-state index in [2.05, 4.69) is 31.2 Å². The van der Waals surface area contributed by atoms with Crippen LogP contribution in [-0.2, 0) is 11.3 Å². The summed E-state index contributed by atoms with van der Waals surface area (Å²) in [6.07, 6.45) is 0. The fourth-order valence-electron chi connectivity index (χ4n) is 1.97. The molecule has 0 radical (unpaired) electrons. The third kappa shape index (κ3) is 3.92. The number of halogens is 1. The Hall–Kier alpha value is -1.66. The number of nitrogens with one attached hydrogen (secondary N) is 1. The fraction of sp³-hybridized carbons (Fsp3) is 0.333. The molecular formula is C15H18BrN3O2. The van der Waals surface area contributed by atoms with Gasteiger partial charge in [0, 0.05) is 24.2 Å². The summed E-state index contributed by atoms with van der Waals surface area (Å²) in [4.78, 5) is 9.10. The highest BCUT2D eigenvalue weighted by Gasteiger charge is 2.12. The van der Waals surface area contributed by atoms with Crippen molar-refractivity contribution in [3.05, 3.63) is 34.4 Å². The van der Waals surface area contributed by atoms with Gasteiger partial charge in [-0.2, -0.15) is 0 Å². The van der Waals surface area contributed by atoms with Gasteiger partial charge in [-0.05, 0) is 25.1 Å². The summed E-state index contributed by atoms with van der Waals surface area (Å²) in [5.41, 5.74) is 1.66. The van der Waals surface area contributed by atoms with Crippen LogP contribution in [0.3, 0.4) is 0 Å². The average Bonchev–Trinajstić information content (AvgIpc) is 2.47. The Balaban J connectivity index is 2.53. The Morgan fingerprint density at radius 1 is 1.19 bits per heavy atom. The third-order valence-corrected chi connectivity index (χ3v) is 3.32. The van der Waals surface area contributed by atoms with Gasteiger partial charge in [-0.1, -0.05) is 15.9 Å². The molecule has 0 saturated carbocycles. The van der Waals surface area contributed by atoms with Crippen molar-refractivity contribution in [1.29, 1.82) is 0 Å². The van der Waals surface area contributed by atoms with Crippen LogP contribution in [0.5, 0.6) is 5.75 Å². The Kier molecular flexibility index (Phi) is 5.52. The van der Waals surface area contributed by atoms with Gasteiger partial charge in [0.2, 0.25) is 0 Å². The van der Waals surface area contributed by atoms with E-state index in [1.54, 1.807) is 14.2 Å². The SMILES string of the molecule is CCNc1cc(COC)nc(-c2cc(Br)ccc2OC)n1. The molecule has 112 valence electrons. The number of methoxy groups -OCH3 is 2. The highest BCUT2D eigenvalue weighted by Crippen LogP contribution is 2.31. The zero-order valence-corrected chi connectivity index (χ0v) is 13.9. The highest BCUT2D eigenvalue weighted by atomic mass is 79.9. The van der Waals surface area contributed by atoms with Gasteiger partial charge in [0.05, 0.1) is 25.0 Å². The number of hydrogen-bond donors (Lipinski definition) is 1. The number of benzene rings is 1. The topological polar surface area (TPSA) is 56.3 Å². The van der Waals surface area contributed by atoms with Crippen LogP contribution in [-0.4, -0.2) is 30.7 Å². The lowest BCUT2D eigenvalue weighted by molar-refractivity contribution is 0.181. The predicted molar refractivity (Wildman–Crippen MR) is 86.6 cm³/mol. The second-order valence-electron chi connectivity index (χ2n) is 4.38.